The molecule has 2 heterocycles. The summed E-state index contributed by atoms with van der Waals surface area (Å²) in [5.41, 5.74) is -0.370. The van der Waals surface area contributed by atoms with Crippen molar-refractivity contribution in [2.45, 2.75) is 11.0 Å². The van der Waals surface area contributed by atoms with Gasteiger partial charge in [-0.1, -0.05) is 0 Å². The van der Waals surface area contributed by atoms with E-state index in [1.54, 1.807) is 0 Å². The number of thiophene rings is 1. The zero-order valence-electron chi connectivity index (χ0n) is 13.6. The van der Waals surface area contributed by atoms with Crippen LogP contribution in [0.25, 0.3) is 0 Å². The Morgan fingerprint density at radius 1 is 1.38 bits per heavy atom. The number of anilines is 1. The van der Waals surface area contributed by atoms with E-state index in [0.29, 0.717) is 11.3 Å². The molecule has 0 fully saturated rings. The smallest absolute Gasteiger partial charge is 0.260 e. The molecule has 10 nitrogen and oxygen atoms in total. The summed E-state index contributed by atoms with van der Waals surface area (Å²) in [4.78, 5) is 19.3. The first-order valence-electron chi connectivity index (χ1n) is 6.87. The van der Waals surface area contributed by atoms with Gasteiger partial charge in [0.15, 0.2) is 0 Å². The fourth-order valence-electron chi connectivity index (χ4n) is 1.95. The summed E-state index contributed by atoms with van der Waals surface area (Å²) >= 11 is 0.690. The maximum absolute atomic E-state index is 12.7. The summed E-state index contributed by atoms with van der Waals surface area (Å²) in [6.07, 6.45) is -1.72. The standard InChI is InChI=1S/C13H15FN4O6S2/c1-23-8-3-9(24-2)17-13(16-8)18-12(20)6-5-25-10(7(19)4-14)11(6)26(15,21)22/h3,5,7,19H,4H2,1-2H3,(H2,15,21,22)(H,16,17,18,20). The summed E-state index contributed by atoms with van der Waals surface area (Å²) in [5.74, 6) is -0.946. The molecule has 13 heteroatoms. The number of methoxy groups -OCH3 is 2. The first-order chi connectivity index (χ1) is 12.2. The number of hydrogen-bond donors (Lipinski definition) is 3. The molecular formula is C13H15FN4O6S2. The number of nitrogens with zero attached hydrogens (tertiary/aromatic N) is 2. The SMILES string of the molecule is COc1cc(OC)nc(NC(=O)c2csc(C(O)CF)c2S(N)(=O)=O)n1. The van der Waals surface area contributed by atoms with Crippen molar-refractivity contribution in [2.75, 3.05) is 26.2 Å². The minimum atomic E-state index is -4.41. The highest BCUT2D eigenvalue weighted by Crippen LogP contribution is 2.32. The molecule has 0 saturated carbocycles. The summed E-state index contributed by atoms with van der Waals surface area (Å²) in [5, 5.41) is 18.2. The lowest BCUT2D eigenvalue weighted by atomic mass is 10.2. The van der Waals surface area contributed by atoms with Crippen LogP contribution in [0.15, 0.2) is 16.3 Å². The maximum Gasteiger partial charge on any atom is 0.260 e. The molecule has 2 aromatic rings. The van der Waals surface area contributed by atoms with Gasteiger partial charge in [0.1, 0.15) is 17.7 Å². The second kappa shape index (κ2) is 7.90. The number of aromatic nitrogens is 2. The number of amides is 1. The van der Waals surface area contributed by atoms with Gasteiger partial charge in [0.25, 0.3) is 5.91 Å². The number of nitrogens with one attached hydrogen (secondary N) is 1. The van der Waals surface area contributed by atoms with E-state index in [4.69, 9.17) is 14.6 Å². The number of aliphatic hydroxyl groups excluding tert-OH is 1. The predicted molar refractivity (Wildman–Crippen MR) is 89.7 cm³/mol. The number of rotatable bonds is 7. The Morgan fingerprint density at radius 2 is 1.96 bits per heavy atom. The fourth-order valence-corrected chi connectivity index (χ4v) is 4.30. The number of sulfonamides is 1. The number of carbonyl (C=O) groups is 1. The molecule has 1 unspecified atom stereocenters. The lowest BCUT2D eigenvalue weighted by Crippen LogP contribution is -2.21. The third-order valence-corrected chi connectivity index (χ3v) is 5.29. The first kappa shape index (κ1) is 20.0. The molecule has 0 aromatic carbocycles. The lowest BCUT2D eigenvalue weighted by molar-refractivity contribution is 0.102. The van der Waals surface area contributed by atoms with Gasteiger partial charge in [-0.3, -0.25) is 10.1 Å². The van der Waals surface area contributed by atoms with Gasteiger partial charge in [-0.15, -0.1) is 11.3 Å². The first-order valence-corrected chi connectivity index (χ1v) is 9.30. The van der Waals surface area contributed by atoms with Crippen LogP contribution in [0, 0.1) is 0 Å². The molecular weight excluding hydrogens is 391 g/mol. The van der Waals surface area contributed by atoms with Crippen molar-refractivity contribution < 1.29 is 32.2 Å². The van der Waals surface area contributed by atoms with Crippen molar-refractivity contribution in [1.82, 2.24) is 9.97 Å². The molecule has 0 aliphatic heterocycles. The molecule has 2 rings (SSSR count). The Hall–Kier alpha value is -2.35. The molecule has 0 aliphatic carbocycles. The van der Waals surface area contributed by atoms with Crippen LogP contribution in [0.4, 0.5) is 10.3 Å². The highest BCUT2D eigenvalue weighted by molar-refractivity contribution is 7.89. The largest absolute Gasteiger partial charge is 0.481 e. The van der Waals surface area contributed by atoms with Crippen LogP contribution in [0.3, 0.4) is 0 Å². The van der Waals surface area contributed by atoms with Crippen LogP contribution in [-0.2, 0) is 10.0 Å². The van der Waals surface area contributed by atoms with Gasteiger partial charge < -0.3 is 14.6 Å². The Bertz CT molecular complexity index is 895. The van der Waals surface area contributed by atoms with Crippen LogP contribution in [0.1, 0.15) is 21.3 Å². The molecule has 0 bridgehead atoms. The highest BCUT2D eigenvalue weighted by Gasteiger charge is 2.29. The van der Waals surface area contributed by atoms with Gasteiger partial charge in [-0.25, -0.2) is 17.9 Å². The normalized spacial score (nSPS) is 12.5. The van der Waals surface area contributed by atoms with Crippen molar-refractivity contribution >= 4 is 33.2 Å². The van der Waals surface area contributed by atoms with Gasteiger partial charge in [-0.2, -0.15) is 9.97 Å². The molecule has 0 radical (unpaired) electrons. The quantitative estimate of drug-likeness (QED) is 0.599. The molecule has 142 valence electrons. The lowest BCUT2D eigenvalue weighted by Gasteiger charge is -2.09. The van der Waals surface area contributed by atoms with Crippen LogP contribution in [-0.4, -0.2) is 50.3 Å². The van der Waals surface area contributed by atoms with E-state index < -0.39 is 33.6 Å². The van der Waals surface area contributed by atoms with Crippen molar-refractivity contribution in [1.29, 1.82) is 0 Å². The summed E-state index contributed by atoms with van der Waals surface area (Å²) in [6, 6.07) is 1.37. The third-order valence-electron chi connectivity index (χ3n) is 3.07. The minimum Gasteiger partial charge on any atom is -0.481 e. The van der Waals surface area contributed by atoms with Gasteiger partial charge in [-0.05, 0) is 0 Å². The van der Waals surface area contributed by atoms with E-state index >= 15 is 0 Å². The number of carbonyl (C=O) groups excluding carboxylic acids is 1. The number of primary sulfonamides is 1. The van der Waals surface area contributed by atoms with Crippen molar-refractivity contribution in [3.8, 4) is 11.8 Å². The van der Waals surface area contributed by atoms with Gasteiger partial charge in [0.2, 0.25) is 27.7 Å². The van der Waals surface area contributed by atoms with Crippen LogP contribution in [0.2, 0.25) is 0 Å². The van der Waals surface area contributed by atoms with E-state index in [-0.39, 0.29) is 28.1 Å². The number of alkyl halides is 1. The van der Waals surface area contributed by atoms with Crippen molar-refractivity contribution in [2.24, 2.45) is 5.14 Å². The topological polar surface area (TPSA) is 154 Å². The van der Waals surface area contributed by atoms with Gasteiger partial charge >= 0.3 is 0 Å². The fraction of sp³-hybridized carbons (Fsp3) is 0.308. The number of aliphatic hydroxyl groups is 1. The second-order valence-corrected chi connectivity index (χ2v) is 7.20. The van der Waals surface area contributed by atoms with E-state index in [1.165, 1.54) is 20.3 Å². The van der Waals surface area contributed by atoms with Crippen LogP contribution in [0.5, 0.6) is 11.8 Å². The summed E-state index contributed by atoms with van der Waals surface area (Å²) < 4.78 is 46.2. The number of halogens is 1. The van der Waals surface area contributed by atoms with Gasteiger partial charge in [0.05, 0.1) is 30.7 Å². The van der Waals surface area contributed by atoms with E-state index in [1.807, 2.05) is 0 Å². The Morgan fingerprint density at radius 3 is 2.42 bits per heavy atom. The van der Waals surface area contributed by atoms with Crippen molar-refractivity contribution in [3.63, 3.8) is 0 Å². The Kier molecular flexibility index (Phi) is 6.07. The maximum atomic E-state index is 12.7. The monoisotopic (exact) mass is 406 g/mol. The molecule has 26 heavy (non-hydrogen) atoms. The number of ether oxygens (including phenoxy) is 2. The Balaban J connectivity index is 2.44. The zero-order chi connectivity index (χ0) is 19.5. The second-order valence-electron chi connectivity index (χ2n) is 4.79. The minimum absolute atomic E-state index is 0.0951. The average Bonchev–Trinajstić information content (AvgIpc) is 3.06. The molecule has 1 amide bonds. The van der Waals surface area contributed by atoms with Crippen LogP contribution >= 0.6 is 11.3 Å². The molecule has 4 N–H and O–H groups in total. The summed E-state index contributed by atoms with van der Waals surface area (Å²) in [7, 11) is -1.72. The summed E-state index contributed by atoms with van der Waals surface area (Å²) in [6.45, 7) is -1.24. The molecule has 0 saturated heterocycles. The molecule has 2 aromatic heterocycles. The zero-order valence-corrected chi connectivity index (χ0v) is 15.2. The third kappa shape index (κ3) is 4.24. The molecule has 0 aliphatic rings. The average molecular weight is 406 g/mol. The van der Waals surface area contributed by atoms with Gasteiger partial charge in [0, 0.05) is 5.38 Å². The Labute approximate surface area is 151 Å². The van der Waals surface area contributed by atoms with E-state index in [0.717, 1.165) is 5.38 Å². The van der Waals surface area contributed by atoms with E-state index in [2.05, 4.69) is 15.3 Å². The molecule has 1 atom stereocenters. The molecule has 0 spiro atoms. The number of nitrogens with two attached hydrogens (primary N) is 1. The van der Waals surface area contributed by atoms with E-state index in [9.17, 15) is 22.7 Å². The predicted octanol–water partition coefficient (Wildman–Crippen LogP) is 0.458. The van der Waals surface area contributed by atoms with Crippen molar-refractivity contribution in [3.05, 3.63) is 21.9 Å². The highest BCUT2D eigenvalue weighted by atomic mass is 32.2. The number of hydrogen-bond acceptors (Lipinski definition) is 9. The van der Waals surface area contributed by atoms with Crippen LogP contribution < -0.4 is 19.9 Å².